The monoisotopic (exact) mass is 373 g/mol. The van der Waals surface area contributed by atoms with Crippen molar-refractivity contribution in [2.24, 2.45) is 0 Å². The molecular formula is C13H16IN3O2. The zero-order valence-corrected chi connectivity index (χ0v) is 12.9. The Morgan fingerprint density at radius 2 is 2.42 bits per heavy atom. The predicted octanol–water partition coefficient (Wildman–Crippen LogP) is 2.03. The highest BCUT2D eigenvalue weighted by Gasteiger charge is 2.36. The van der Waals surface area contributed by atoms with Gasteiger partial charge in [-0.25, -0.2) is 4.98 Å². The smallest absolute Gasteiger partial charge is 0.201 e. The van der Waals surface area contributed by atoms with Crippen molar-refractivity contribution in [2.45, 2.75) is 18.6 Å². The molecule has 1 atom stereocenters. The van der Waals surface area contributed by atoms with E-state index in [0.717, 1.165) is 27.6 Å². The summed E-state index contributed by atoms with van der Waals surface area (Å²) >= 11 is 2.27. The van der Waals surface area contributed by atoms with Crippen LogP contribution < -0.4 is 5.73 Å². The van der Waals surface area contributed by atoms with Gasteiger partial charge in [-0.05, 0) is 40.8 Å². The number of fused-ring (bicyclic) bond motifs is 1. The number of rotatable bonds is 3. The first-order valence-electron chi connectivity index (χ1n) is 6.18. The van der Waals surface area contributed by atoms with E-state index in [4.69, 9.17) is 15.2 Å². The minimum Gasteiger partial charge on any atom is -0.378 e. The van der Waals surface area contributed by atoms with Crippen LogP contribution in [0.5, 0.6) is 0 Å². The van der Waals surface area contributed by atoms with Crippen LogP contribution in [0.2, 0.25) is 0 Å². The maximum atomic E-state index is 6.05. The second-order valence-corrected chi connectivity index (χ2v) is 6.12. The van der Waals surface area contributed by atoms with Crippen molar-refractivity contribution in [1.29, 1.82) is 0 Å². The summed E-state index contributed by atoms with van der Waals surface area (Å²) in [6.07, 6.45) is 0.882. The molecule has 1 fully saturated rings. The molecule has 5 nitrogen and oxygen atoms in total. The molecule has 6 heteroatoms. The van der Waals surface area contributed by atoms with Crippen LogP contribution in [0.3, 0.4) is 0 Å². The maximum absolute atomic E-state index is 6.05. The molecule has 1 aliphatic rings. The lowest BCUT2D eigenvalue weighted by Gasteiger charge is -2.26. The molecule has 1 aromatic heterocycles. The van der Waals surface area contributed by atoms with Gasteiger partial charge < -0.3 is 19.8 Å². The van der Waals surface area contributed by atoms with Crippen molar-refractivity contribution < 1.29 is 9.47 Å². The van der Waals surface area contributed by atoms with Gasteiger partial charge in [0, 0.05) is 23.7 Å². The minimum atomic E-state index is -0.287. The number of imidazole rings is 1. The molecule has 0 radical (unpaired) electrons. The van der Waals surface area contributed by atoms with Crippen LogP contribution in [-0.2, 0) is 16.0 Å². The number of ether oxygens (including phenoxy) is 2. The van der Waals surface area contributed by atoms with Crippen LogP contribution in [-0.4, -0.2) is 35.5 Å². The van der Waals surface area contributed by atoms with Crippen molar-refractivity contribution in [3.05, 3.63) is 21.8 Å². The van der Waals surface area contributed by atoms with Crippen LogP contribution in [0.25, 0.3) is 11.0 Å². The summed E-state index contributed by atoms with van der Waals surface area (Å²) in [7, 11) is 1.73. The highest BCUT2D eigenvalue weighted by atomic mass is 127. The third-order valence-corrected chi connectivity index (χ3v) is 4.36. The van der Waals surface area contributed by atoms with Crippen molar-refractivity contribution in [2.75, 3.05) is 26.1 Å². The Kier molecular flexibility index (Phi) is 3.40. The average molecular weight is 373 g/mol. The van der Waals surface area contributed by atoms with Gasteiger partial charge in [0.15, 0.2) is 0 Å². The fourth-order valence-electron chi connectivity index (χ4n) is 2.51. The number of nitrogens with zero attached hydrogens (tertiary/aromatic N) is 2. The summed E-state index contributed by atoms with van der Waals surface area (Å²) in [5, 5.41) is 0. The summed E-state index contributed by atoms with van der Waals surface area (Å²) in [5.41, 5.74) is 7.73. The number of anilines is 1. The van der Waals surface area contributed by atoms with Gasteiger partial charge in [0.25, 0.3) is 0 Å². The second-order valence-electron chi connectivity index (χ2n) is 4.88. The lowest BCUT2D eigenvalue weighted by atomic mass is 10.0. The predicted molar refractivity (Wildman–Crippen MR) is 82.0 cm³/mol. The van der Waals surface area contributed by atoms with E-state index >= 15 is 0 Å². The maximum Gasteiger partial charge on any atom is 0.201 e. The molecule has 1 saturated heterocycles. The number of hydrogen-bond donors (Lipinski definition) is 1. The van der Waals surface area contributed by atoms with Gasteiger partial charge in [-0.3, -0.25) is 0 Å². The number of halogens is 1. The van der Waals surface area contributed by atoms with E-state index in [2.05, 4.69) is 39.7 Å². The van der Waals surface area contributed by atoms with E-state index in [9.17, 15) is 0 Å². The van der Waals surface area contributed by atoms with Gasteiger partial charge in [-0.1, -0.05) is 0 Å². The van der Waals surface area contributed by atoms with E-state index in [0.29, 0.717) is 19.1 Å². The van der Waals surface area contributed by atoms with Crippen LogP contribution >= 0.6 is 22.6 Å². The molecule has 0 amide bonds. The van der Waals surface area contributed by atoms with E-state index in [1.165, 1.54) is 0 Å². The fourth-order valence-corrected chi connectivity index (χ4v) is 2.99. The molecule has 3 rings (SSSR count). The molecule has 19 heavy (non-hydrogen) atoms. The number of nitrogen functional groups attached to an aromatic ring is 1. The molecule has 0 spiro atoms. The Morgan fingerprint density at radius 3 is 3.11 bits per heavy atom. The molecule has 1 aliphatic heterocycles. The lowest BCUT2D eigenvalue weighted by Crippen LogP contribution is -2.37. The Bertz CT molecular complexity index is 605. The summed E-state index contributed by atoms with van der Waals surface area (Å²) < 4.78 is 14.3. The number of nitrogens with two attached hydrogens (primary N) is 1. The SMILES string of the molecule is COC1(Cn2c(N)nc3cc(I)ccc32)CCOC1. The highest BCUT2D eigenvalue weighted by molar-refractivity contribution is 14.1. The summed E-state index contributed by atoms with van der Waals surface area (Å²) in [5.74, 6) is 0.528. The molecule has 2 N–H and O–H groups in total. The van der Waals surface area contributed by atoms with E-state index in [-0.39, 0.29) is 5.60 Å². The molecule has 1 aromatic carbocycles. The van der Waals surface area contributed by atoms with E-state index < -0.39 is 0 Å². The standard InChI is InChI=1S/C13H16IN3O2/c1-18-13(4-5-19-8-13)7-17-11-3-2-9(14)6-10(11)16-12(17)15/h2-3,6H,4-5,7-8H2,1H3,(H2,15,16). The van der Waals surface area contributed by atoms with E-state index in [1.54, 1.807) is 7.11 Å². The van der Waals surface area contributed by atoms with Gasteiger partial charge >= 0.3 is 0 Å². The van der Waals surface area contributed by atoms with Crippen LogP contribution in [0.1, 0.15) is 6.42 Å². The minimum absolute atomic E-state index is 0.287. The average Bonchev–Trinajstić information content (AvgIpc) is 2.96. The number of methoxy groups -OCH3 is 1. The molecule has 0 saturated carbocycles. The third kappa shape index (κ3) is 2.32. The zero-order chi connectivity index (χ0) is 13.5. The van der Waals surface area contributed by atoms with Crippen LogP contribution in [0.15, 0.2) is 18.2 Å². The fraction of sp³-hybridized carbons (Fsp3) is 0.462. The number of aromatic nitrogens is 2. The molecule has 0 bridgehead atoms. The first-order valence-corrected chi connectivity index (χ1v) is 7.26. The topological polar surface area (TPSA) is 62.3 Å². The molecule has 2 heterocycles. The Balaban J connectivity index is 2.02. The molecule has 0 aliphatic carbocycles. The highest BCUT2D eigenvalue weighted by Crippen LogP contribution is 2.28. The summed E-state index contributed by atoms with van der Waals surface area (Å²) in [6, 6.07) is 6.15. The molecule has 1 unspecified atom stereocenters. The Labute approximate surface area is 125 Å². The zero-order valence-electron chi connectivity index (χ0n) is 10.7. The first-order chi connectivity index (χ1) is 9.13. The lowest BCUT2D eigenvalue weighted by molar-refractivity contribution is -0.0283. The van der Waals surface area contributed by atoms with Gasteiger partial charge in [0.1, 0.15) is 5.60 Å². The largest absolute Gasteiger partial charge is 0.378 e. The van der Waals surface area contributed by atoms with Crippen molar-refractivity contribution in [3.8, 4) is 0 Å². The summed E-state index contributed by atoms with van der Waals surface area (Å²) in [4.78, 5) is 4.42. The van der Waals surface area contributed by atoms with Gasteiger partial charge in [0.05, 0.1) is 24.2 Å². The van der Waals surface area contributed by atoms with Crippen molar-refractivity contribution in [1.82, 2.24) is 9.55 Å². The van der Waals surface area contributed by atoms with Crippen molar-refractivity contribution in [3.63, 3.8) is 0 Å². The normalized spacial score (nSPS) is 23.3. The van der Waals surface area contributed by atoms with Crippen molar-refractivity contribution >= 4 is 39.6 Å². The second kappa shape index (κ2) is 4.92. The number of benzene rings is 1. The summed E-state index contributed by atoms with van der Waals surface area (Å²) in [6.45, 7) is 2.01. The Morgan fingerprint density at radius 1 is 1.58 bits per heavy atom. The van der Waals surface area contributed by atoms with Gasteiger partial charge in [-0.15, -0.1) is 0 Å². The first kappa shape index (κ1) is 13.1. The van der Waals surface area contributed by atoms with E-state index in [1.807, 2.05) is 10.6 Å². The Hall–Kier alpha value is -0.860. The van der Waals surface area contributed by atoms with Crippen LogP contribution in [0, 0.1) is 3.57 Å². The third-order valence-electron chi connectivity index (χ3n) is 3.69. The number of hydrogen-bond acceptors (Lipinski definition) is 4. The van der Waals surface area contributed by atoms with Gasteiger partial charge in [0.2, 0.25) is 5.95 Å². The molecule has 2 aromatic rings. The van der Waals surface area contributed by atoms with Crippen LogP contribution in [0.4, 0.5) is 5.95 Å². The van der Waals surface area contributed by atoms with Gasteiger partial charge in [-0.2, -0.15) is 0 Å². The molecular weight excluding hydrogens is 357 g/mol. The quantitative estimate of drug-likeness (QED) is 0.837. The molecule has 102 valence electrons.